The Morgan fingerprint density at radius 3 is 2.16 bits per heavy atom. The summed E-state index contributed by atoms with van der Waals surface area (Å²) in [5.41, 5.74) is 5.47. The Hall–Kier alpha value is -3.44. The summed E-state index contributed by atoms with van der Waals surface area (Å²) in [6, 6.07) is 25.6. The fourth-order valence-electron chi connectivity index (χ4n) is 4.60. The molecular formula is C27H28N4O. The zero-order chi connectivity index (χ0) is 21.9. The largest absolute Gasteiger partial charge is 0.340 e. The normalized spacial score (nSPS) is 14.9. The molecular weight excluding hydrogens is 396 g/mol. The van der Waals surface area contributed by atoms with Crippen LogP contribution in [0.1, 0.15) is 28.4 Å². The fraction of sp³-hybridized carbons (Fsp3) is 0.259. The van der Waals surface area contributed by atoms with E-state index in [1.54, 1.807) is 0 Å². The smallest absolute Gasteiger partial charge is 0.228 e. The van der Waals surface area contributed by atoms with E-state index < -0.39 is 0 Å². The van der Waals surface area contributed by atoms with Gasteiger partial charge >= 0.3 is 0 Å². The van der Waals surface area contributed by atoms with Crippen molar-refractivity contribution in [2.75, 3.05) is 26.2 Å². The summed E-state index contributed by atoms with van der Waals surface area (Å²) in [7, 11) is 0. The molecule has 0 bridgehead atoms. The number of aryl methyl sites for hydroxylation is 1. The predicted molar refractivity (Wildman–Crippen MR) is 127 cm³/mol. The molecule has 3 heterocycles. The van der Waals surface area contributed by atoms with Crippen LogP contribution in [0.3, 0.4) is 0 Å². The number of hydrogen-bond acceptors (Lipinski definition) is 3. The number of piperazine rings is 1. The van der Waals surface area contributed by atoms with Crippen molar-refractivity contribution < 1.29 is 4.79 Å². The van der Waals surface area contributed by atoms with Crippen molar-refractivity contribution in [1.29, 1.82) is 0 Å². The highest BCUT2D eigenvalue weighted by atomic mass is 16.2. The van der Waals surface area contributed by atoms with Crippen LogP contribution in [0.4, 0.5) is 0 Å². The van der Waals surface area contributed by atoms with E-state index in [0.717, 1.165) is 37.5 Å². The van der Waals surface area contributed by atoms with Crippen LogP contribution >= 0.6 is 0 Å². The van der Waals surface area contributed by atoms with Gasteiger partial charge in [0.25, 0.3) is 0 Å². The van der Waals surface area contributed by atoms with Gasteiger partial charge in [-0.25, -0.2) is 4.98 Å². The Bertz CT molecular complexity index is 1150. The summed E-state index contributed by atoms with van der Waals surface area (Å²) in [6.07, 6.45) is 4.31. The highest BCUT2D eigenvalue weighted by Gasteiger charge is 2.28. The Kier molecular flexibility index (Phi) is 5.73. The van der Waals surface area contributed by atoms with Gasteiger partial charge < -0.3 is 9.30 Å². The van der Waals surface area contributed by atoms with Crippen LogP contribution in [0.2, 0.25) is 0 Å². The van der Waals surface area contributed by atoms with Crippen LogP contribution in [0.15, 0.2) is 85.2 Å². The minimum absolute atomic E-state index is 0.153. The van der Waals surface area contributed by atoms with Crippen LogP contribution in [0, 0.1) is 6.92 Å². The molecule has 0 atom stereocenters. The van der Waals surface area contributed by atoms with Gasteiger partial charge in [-0.1, -0.05) is 60.7 Å². The Morgan fingerprint density at radius 2 is 1.53 bits per heavy atom. The van der Waals surface area contributed by atoms with Crippen LogP contribution in [0.5, 0.6) is 0 Å². The first-order chi connectivity index (χ1) is 15.7. The number of nitrogens with zero attached hydrogens (tertiary/aromatic N) is 4. The number of rotatable bonds is 5. The molecule has 0 aliphatic carbocycles. The molecule has 2 aromatic heterocycles. The molecule has 1 aliphatic heterocycles. The molecule has 1 fully saturated rings. The standard InChI is InChI=1S/C27H28N4O/c1-21-12-13-31-20-24(28-25(31)18-21)19-26(32)29-14-16-30(17-15-29)27(22-8-4-2-5-9-22)23-10-6-3-7-11-23/h2-13,18,20,27H,14-17,19H2,1H3. The van der Waals surface area contributed by atoms with E-state index in [1.807, 2.05) is 27.8 Å². The van der Waals surface area contributed by atoms with Gasteiger partial charge in [-0.15, -0.1) is 0 Å². The molecule has 5 rings (SSSR count). The third-order valence-corrected chi connectivity index (χ3v) is 6.26. The van der Waals surface area contributed by atoms with Crippen LogP contribution in [-0.4, -0.2) is 51.3 Å². The second kappa shape index (κ2) is 8.97. The van der Waals surface area contributed by atoms with Gasteiger partial charge in [-0.3, -0.25) is 9.69 Å². The highest BCUT2D eigenvalue weighted by molar-refractivity contribution is 5.78. The van der Waals surface area contributed by atoms with Crippen molar-refractivity contribution in [2.45, 2.75) is 19.4 Å². The second-order valence-corrected chi connectivity index (χ2v) is 8.52. The van der Waals surface area contributed by atoms with E-state index in [9.17, 15) is 4.79 Å². The monoisotopic (exact) mass is 424 g/mol. The minimum atomic E-state index is 0.153. The number of fused-ring (bicyclic) bond motifs is 1. The number of hydrogen-bond donors (Lipinski definition) is 0. The summed E-state index contributed by atoms with van der Waals surface area (Å²) in [5, 5.41) is 0. The van der Waals surface area contributed by atoms with Crippen molar-refractivity contribution in [2.24, 2.45) is 0 Å². The average Bonchev–Trinajstić information content (AvgIpc) is 3.22. The maximum absolute atomic E-state index is 13.0. The molecule has 162 valence electrons. The summed E-state index contributed by atoms with van der Waals surface area (Å²) in [6.45, 7) is 5.23. The zero-order valence-electron chi connectivity index (χ0n) is 18.4. The van der Waals surface area contributed by atoms with Crippen molar-refractivity contribution >= 4 is 11.6 Å². The molecule has 5 heteroatoms. The molecule has 0 N–H and O–H groups in total. The van der Waals surface area contributed by atoms with Gasteiger partial charge in [0, 0.05) is 38.6 Å². The van der Waals surface area contributed by atoms with E-state index in [4.69, 9.17) is 0 Å². The molecule has 0 spiro atoms. The molecule has 5 nitrogen and oxygen atoms in total. The van der Waals surface area contributed by atoms with E-state index in [-0.39, 0.29) is 11.9 Å². The van der Waals surface area contributed by atoms with E-state index in [0.29, 0.717) is 6.42 Å². The first-order valence-electron chi connectivity index (χ1n) is 11.2. The summed E-state index contributed by atoms with van der Waals surface area (Å²) < 4.78 is 1.98. The first-order valence-corrected chi connectivity index (χ1v) is 11.2. The van der Waals surface area contributed by atoms with Gasteiger partial charge in [-0.05, 0) is 35.7 Å². The number of aromatic nitrogens is 2. The molecule has 1 aliphatic rings. The lowest BCUT2D eigenvalue weighted by Crippen LogP contribution is -2.50. The van der Waals surface area contributed by atoms with E-state index >= 15 is 0 Å². The highest BCUT2D eigenvalue weighted by Crippen LogP contribution is 2.29. The molecule has 0 unspecified atom stereocenters. The van der Waals surface area contributed by atoms with Crippen molar-refractivity contribution in [3.8, 4) is 0 Å². The van der Waals surface area contributed by atoms with E-state index in [1.165, 1.54) is 16.7 Å². The lowest BCUT2D eigenvalue weighted by Gasteiger charge is -2.39. The Labute approximate surface area is 188 Å². The SMILES string of the molecule is Cc1ccn2cc(CC(=O)N3CCN(C(c4ccccc4)c4ccccc4)CC3)nc2c1. The maximum Gasteiger partial charge on any atom is 0.228 e. The van der Waals surface area contributed by atoms with Crippen LogP contribution in [-0.2, 0) is 11.2 Å². The van der Waals surface area contributed by atoms with Gasteiger partial charge in [-0.2, -0.15) is 0 Å². The van der Waals surface area contributed by atoms with Crippen molar-refractivity contribution in [3.63, 3.8) is 0 Å². The van der Waals surface area contributed by atoms with Crippen molar-refractivity contribution in [1.82, 2.24) is 19.2 Å². The zero-order valence-corrected chi connectivity index (χ0v) is 18.4. The molecule has 2 aromatic carbocycles. The molecule has 0 radical (unpaired) electrons. The second-order valence-electron chi connectivity index (χ2n) is 8.52. The molecule has 4 aromatic rings. The van der Waals surface area contributed by atoms with Crippen LogP contribution in [0.25, 0.3) is 5.65 Å². The molecule has 32 heavy (non-hydrogen) atoms. The van der Waals surface area contributed by atoms with Gasteiger partial charge in [0.05, 0.1) is 18.2 Å². The molecule has 1 amide bonds. The number of benzene rings is 2. The van der Waals surface area contributed by atoms with Crippen molar-refractivity contribution in [3.05, 3.63) is 108 Å². The maximum atomic E-state index is 13.0. The molecule has 0 saturated carbocycles. The molecule has 1 saturated heterocycles. The summed E-state index contributed by atoms with van der Waals surface area (Å²) in [5.74, 6) is 0.153. The topological polar surface area (TPSA) is 40.9 Å². The number of carbonyl (C=O) groups is 1. The summed E-state index contributed by atoms with van der Waals surface area (Å²) in [4.78, 5) is 22.1. The first kappa shape index (κ1) is 20.5. The minimum Gasteiger partial charge on any atom is -0.340 e. The third kappa shape index (κ3) is 4.30. The third-order valence-electron chi connectivity index (χ3n) is 6.26. The number of carbonyl (C=O) groups excluding carboxylic acids is 1. The number of imidazole rings is 1. The summed E-state index contributed by atoms with van der Waals surface area (Å²) >= 11 is 0. The lowest BCUT2D eigenvalue weighted by atomic mass is 9.96. The average molecular weight is 425 g/mol. The predicted octanol–water partition coefficient (Wildman–Crippen LogP) is 4.12. The van der Waals surface area contributed by atoms with Gasteiger partial charge in [0.15, 0.2) is 0 Å². The van der Waals surface area contributed by atoms with E-state index in [2.05, 4.69) is 83.5 Å². The van der Waals surface area contributed by atoms with Gasteiger partial charge in [0.1, 0.15) is 5.65 Å². The Morgan fingerprint density at radius 1 is 0.906 bits per heavy atom. The quantitative estimate of drug-likeness (QED) is 0.484. The van der Waals surface area contributed by atoms with Crippen LogP contribution < -0.4 is 0 Å². The number of pyridine rings is 1. The lowest BCUT2D eigenvalue weighted by molar-refractivity contribution is -0.132. The Balaban J connectivity index is 1.27. The fourth-order valence-corrected chi connectivity index (χ4v) is 4.60. The van der Waals surface area contributed by atoms with Gasteiger partial charge in [0.2, 0.25) is 5.91 Å². The number of amides is 1.